The lowest BCUT2D eigenvalue weighted by atomic mass is 10.1. The Kier molecular flexibility index (Phi) is 5.90. The molecule has 6 nitrogen and oxygen atoms in total. The number of nitrogens with one attached hydrogen (secondary N) is 1. The molecule has 0 bridgehead atoms. The summed E-state index contributed by atoms with van der Waals surface area (Å²) in [5.41, 5.74) is 0.409. The molecule has 0 spiro atoms. The summed E-state index contributed by atoms with van der Waals surface area (Å²) in [4.78, 5) is 16.1. The van der Waals surface area contributed by atoms with E-state index in [-0.39, 0.29) is 24.2 Å². The van der Waals surface area contributed by atoms with Crippen LogP contribution in [0, 0.1) is 17.1 Å². The first-order valence-electron chi connectivity index (χ1n) is 7.69. The first-order valence-corrected chi connectivity index (χ1v) is 7.69. The van der Waals surface area contributed by atoms with E-state index in [4.69, 9.17) is 5.26 Å². The minimum Gasteiger partial charge on any atom is -0.395 e. The number of hydrogen-bond acceptors (Lipinski definition) is 4. The normalized spacial score (nSPS) is 16.7. The van der Waals surface area contributed by atoms with Gasteiger partial charge in [-0.15, -0.1) is 0 Å². The average molecular weight is 320 g/mol. The van der Waals surface area contributed by atoms with Crippen LogP contribution in [0.5, 0.6) is 0 Å². The van der Waals surface area contributed by atoms with Crippen molar-refractivity contribution in [2.75, 3.05) is 38.1 Å². The van der Waals surface area contributed by atoms with Gasteiger partial charge in [0, 0.05) is 32.2 Å². The van der Waals surface area contributed by atoms with Crippen molar-refractivity contribution in [2.24, 2.45) is 0 Å². The number of carbonyl (C=O) groups excluding carboxylic acids is 1. The maximum atomic E-state index is 13.1. The van der Waals surface area contributed by atoms with Crippen LogP contribution in [0.25, 0.3) is 0 Å². The largest absolute Gasteiger partial charge is 0.395 e. The number of nitrogens with zero attached hydrogens (tertiary/aromatic N) is 3. The van der Waals surface area contributed by atoms with Crippen LogP contribution in [-0.4, -0.2) is 59.8 Å². The Morgan fingerprint density at radius 2 is 2.13 bits per heavy atom. The number of urea groups is 1. The number of rotatable bonds is 4. The smallest absolute Gasteiger partial charge is 0.321 e. The molecule has 1 atom stereocenters. The summed E-state index contributed by atoms with van der Waals surface area (Å²) in [5, 5.41) is 21.0. The van der Waals surface area contributed by atoms with Gasteiger partial charge in [0.05, 0.1) is 17.9 Å². The lowest BCUT2D eigenvalue weighted by Gasteiger charge is -2.38. The highest BCUT2D eigenvalue weighted by molar-refractivity contribution is 5.90. The van der Waals surface area contributed by atoms with Crippen LogP contribution in [0.4, 0.5) is 14.9 Å². The topological polar surface area (TPSA) is 79.6 Å². The van der Waals surface area contributed by atoms with E-state index < -0.39 is 5.82 Å². The van der Waals surface area contributed by atoms with E-state index in [9.17, 15) is 14.3 Å². The fraction of sp³-hybridized carbons (Fsp3) is 0.500. The zero-order chi connectivity index (χ0) is 16.8. The van der Waals surface area contributed by atoms with Crippen LogP contribution >= 0.6 is 0 Å². The number of benzene rings is 1. The third-order valence-electron chi connectivity index (χ3n) is 4.14. The van der Waals surface area contributed by atoms with Gasteiger partial charge in [0.1, 0.15) is 11.9 Å². The second-order valence-corrected chi connectivity index (χ2v) is 5.50. The van der Waals surface area contributed by atoms with Gasteiger partial charge in [-0.05, 0) is 24.6 Å². The molecule has 2 N–H and O–H groups in total. The molecule has 1 fully saturated rings. The van der Waals surface area contributed by atoms with Crippen molar-refractivity contribution >= 4 is 11.7 Å². The Labute approximate surface area is 135 Å². The summed E-state index contributed by atoms with van der Waals surface area (Å²) >= 11 is 0. The van der Waals surface area contributed by atoms with Crippen molar-refractivity contribution in [1.29, 1.82) is 5.26 Å². The number of carbonyl (C=O) groups is 1. The van der Waals surface area contributed by atoms with Gasteiger partial charge < -0.3 is 15.3 Å². The molecule has 1 saturated heterocycles. The highest BCUT2D eigenvalue weighted by atomic mass is 19.1. The number of hydrogen-bond donors (Lipinski definition) is 2. The van der Waals surface area contributed by atoms with Crippen LogP contribution in [0.3, 0.4) is 0 Å². The van der Waals surface area contributed by atoms with E-state index in [2.05, 4.69) is 10.2 Å². The fourth-order valence-corrected chi connectivity index (χ4v) is 2.71. The van der Waals surface area contributed by atoms with Crippen LogP contribution in [0.15, 0.2) is 18.2 Å². The maximum Gasteiger partial charge on any atom is 0.321 e. The number of anilines is 1. The molecular weight excluding hydrogens is 299 g/mol. The molecule has 2 amide bonds. The molecule has 1 aromatic carbocycles. The lowest BCUT2D eigenvalue weighted by Crippen LogP contribution is -2.53. The molecule has 0 radical (unpaired) electrons. The van der Waals surface area contributed by atoms with Crippen LogP contribution < -0.4 is 5.32 Å². The van der Waals surface area contributed by atoms with Gasteiger partial charge in [-0.1, -0.05) is 6.92 Å². The summed E-state index contributed by atoms with van der Waals surface area (Å²) < 4.78 is 13.1. The van der Waals surface area contributed by atoms with Crippen molar-refractivity contribution in [3.05, 3.63) is 29.6 Å². The Morgan fingerprint density at radius 3 is 2.70 bits per heavy atom. The Balaban J connectivity index is 1.95. The highest BCUT2D eigenvalue weighted by Crippen LogP contribution is 2.17. The molecule has 2 rings (SSSR count). The summed E-state index contributed by atoms with van der Waals surface area (Å²) in [7, 11) is 0. The second kappa shape index (κ2) is 7.90. The van der Waals surface area contributed by atoms with E-state index in [0.29, 0.717) is 31.9 Å². The Hall–Kier alpha value is -2.17. The van der Waals surface area contributed by atoms with Crippen molar-refractivity contribution in [2.45, 2.75) is 19.4 Å². The molecule has 124 valence electrons. The Bertz CT molecular complexity index is 590. The summed E-state index contributed by atoms with van der Waals surface area (Å²) in [6.45, 7) is 4.63. The number of nitriles is 1. The van der Waals surface area contributed by atoms with E-state index in [0.717, 1.165) is 12.5 Å². The van der Waals surface area contributed by atoms with Gasteiger partial charge in [0.25, 0.3) is 0 Å². The average Bonchev–Trinajstić information content (AvgIpc) is 2.58. The van der Waals surface area contributed by atoms with E-state index in [1.165, 1.54) is 12.1 Å². The summed E-state index contributed by atoms with van der Waals surface area (Å²) in [6.07, 6.45) is 0.865. The zero-order valence-electron chi connectivity index (χ0n) is 13.1. The molecule has 0 saturated carbocycles. The summed E-state index contributed by atoms with van der Waals surface area (Å²) in [5.74, 6) is -0.511. The second-order valence-electron chi connectivity index (χ2n) is 5.50. The predicted octanol–water partition coefficient (Wildman–Crippen LogP) is 1.62. The van der Waals surface area contributed by atoms with Crippen LogP contribution in [0.2, 0.25) is 0 Å². The van der Waals surface area contributed by atoms with Crippen molar-refractivity contribution in [3.63, 3.8) is 0 Å². The predicted molar refractivity (Wildman–Crippen MR) is 84.4 cm³/mol. The number of halogens is 1. The van der Waals surface area contributed by atoms with Crippen molar-refractivity contribution in [1.82, 2.24) is 9.80 Å². The minimum atomic E-state index is -0.511. The molecule has 1 aliphatic rings. The lowest BCUT2D eigenvalue weighted by molar-refractivity contribution is 0.0766. The number of aliphatic hydroxyl groups is 1. The van der Waals surface area contributed by atoms with Gasteiger partial charge in [-0.25, -0.2) is 9.18 Å². The molecule has 1 aliphatic heterocycles. The molecule has 1 heterocycles. The number of amides is 2. The molecule has 0 unspecified atom stereocenters. The number of aliphatic hydroxyl groups excluding tert-OH is 1. The third-order valence-corrected chi connectivity index (χ3v) is 4.14. The van der Waals surface area contributed by atoms with Gasteiger partial charge >= 0.3 is 6.03 Å². The van der Waals surface area contributed by atoms with Crippen LogP contribution in [-0.2, 0) is 0 Å². The maximum absolute atomic E-state index is 13.1. The van der Waals surface area contributed by atoms with Gasteiger partial charge in [-0.3, -0.25) is 4.90 Å². The van der Waals surface area contributed by atoms with Gasteiger partial charge in [0.2, 0.25) is 0 Å². The molecule has 0 aromatic heterocycles. The highest BCUT2D eigenvalue weighted by Gasteiger charge is 2.25. The molecular formula is C16H21FN4O2. The zero-order valence-corrected chi connectivity index (χ0v) is 13.1. The van der Waals surface area contributed by atoms with Gasteiger partial charge in [-0.2, -0.15) is 5.26 Å². The fourth-order valence-electron chi connectivity index (χ4n) is 2.71. The molecule has 7 heteroatoms. The first kappa shape index (κ1) is 17.2. The van der Waals surface area contributed by atoms with Crippen molar-refractivity contribution in [3.8, 4) is 6.07 Å². The standard InChI is InChI=1S/C16H21FN4O2/c1-2-14(11-22)20-5-7-21(8-6-20)16(23)19-15-4-3-13(17)9-12(15)10-18/h3-4,9,14,22H,2,5-8,11H2,1H3,(H,19,23)/t14-/m0/s1. The summed E-state index contributed by atoms with van der Waals surface area (Å²) in [6, 6.07) is 5.40. The van der Waals surface area contributed by atoms with Crippen molar-refractivity contribution < 1.29 is 14.3 Å². The number of piperazine rings is 1. The van der Waals surface area contributed by atoms with E-state index >= 15 is 0 Å². The molecule has 0 aliphatic carbocycles. The SMILES string of the molecule is CC[C@@H](CO)N1CCN(C(=O)Nc2ccc(F)cc2C#N)CC1. The van der Waals surface area contributed by atoms with Gasteiger partial charge in [0.15, 0.2) is 0 Å². The quantitative estimate of drug-likeness (QED) is 0.883. The minimum absolute atomic E-state index is 0.100. The first-order chi connectivity index (χ1) is 11.1. The van der Waals surface area contributed by atoms with E-state index in [1.807, 2.05) is 13.0 Å². The van der Waals surface area contributed by atoms with Crippen LogP contribution in [0.1, 0.15) is 18.9 Å². The molecule has 23 heavy (non-hydrogen) atoms. The third kappa shape index (κ3) is 4.18. The Morgan fingerprint density at radius 1 is 1.43 bits per heavy atom. The molecule has 1 aromatic rings. The monoisotopic (exact) mass is 320 g/mol. The van der Waals surface area contributed by atoms with E-state index in [1.54, 1.807) is 4.90 Å².